The summed E-state index contributed by atoms with van der Waals surface area (Å²) in [4.78, 5) is 13.4. The van der Waals surface area contributed by atoms with Crippen LogP contribution in [-0.4, -0.2) is 38.8 Å². The van der Waals surface area contributed by atoms with E-state index >= 15 is 0 Å². The maximum atomic E-state index is 11.1. The summed E-state index contributed by atoms with van der Waals surface area (Å²) in [6.07, 6.45) is 1.44. The van der Waals surface area contributed by atoms with E-state index in [0.29, 0.717) is 0 Å². The summed E-state index contributed by atoms with van der Waals surface area (Å²) < 4.78 is 0. The highest BCUT2D eigenvalue weighted by molar-refractivity contribution is 5.70. The van der Waals surface area contributed by atoms with Gasteiger partial charge in [0.05, 0.1) is 11.6 Å². The molecule has 2 aromatic rings. The van der Waals surface area contributed by atoms with E-state index in [-0.39, 0.29) is 12.0 Å². The van der Waals surface area contributed by atoms with Gasteiger partial charge in [-0.3, -0.25) is 14.8 Å². The minimum Gasteiger partial charge on any atom is -0.481 e. The van der Waals surface area contributed by atoms with Crippen molar-refractivity contribution < 1.29 is 9.90 Å². The van der Waals surface area contributed by atoms with Crippen molar-refractivity contribution in [3.8, 4) is 11.3 Å². The van der Waals surface area contributed by atoms with E-state index in [0.717, 1.165) is 42.9 Å². The first-order chi connectivity index (χ1) is 10.6. The number of carbonyl (C=O) groups is 1. The Bertz CT molecular complexity index is 638. The number of piperidine rings is 1. The number of rotatable bonds is 4. The normalized spacial score (nSPS) is 22.6. The fourth-order valence-electron chi connectivity index (χ4n) is 3.10. The molecule has 2 atom stereocenters. The topological polar surface area (TPSA) is 69.2 Å². The molecule has 22 heavy (non-hydrogen) atoms. The molecular formula is C17H21N3O2. The van der Waals surface area contributed by atoms with Gasteiger partial charge >= 0.3 is 5.97 Å². The zero-order valence-electron chi connectivity index (χ0n) is 12.7. The molecule has 3 rings (SSSR count). The minimum atomic E-state index is -0.667. The van der Waals surface area contributed by atoms with Gasteiger partial charge in [-0.1, -0.05) is 30.3 Å². The van der Waals surface area contributed by atoms with E-state index in [1.807, 2.05) is 30.3 Å². The minimum absolute atomic E-state index is 0.201. The van der Waals surface area contributed by atoms with Crippen molar-refractivity contribution >= 4 is 5.97 Å². The standard InChI is InChI=1S/C17H21N3O2/c1-12-9-14(17(21)22)7-8-20(12)11-15-10-16(19-18-15)13-5-3-2-4-6-13/h2-6,10,12,14H,7-9,11H2,1H3,(H,18,19)(H,21,22)/t12-,14-/m1/s1. The molecule has 116 valence electrons. The summed E-state index contributed by atoms with van der Waals surface area (Å²) >= 11 is 0. The largest absolute Gasteiger partial charge is 0.481 e. The first kappa shape index (κ1) is 14.8. The maximum absolute atomic E-state index is 11.1. The van der Waals surface area contributed by atoms with Gasteiger partial charge in [0.2, 0.25) is 0 Å². The van der Waals surface area contributed by atoms with E-state index in [2.05, 4.69) is 28.1 Å². The third kappa shape index (κ3) is 3.20. The molecule has 1 aromatic heterocycles. The molecule has 1 aromatic carbocycles. The van der Waals surface area contributed by atoms with Crippen LogP contribution >= 0.6 is 0 Å². The van der Waals surface area contributed by atoms with Gasteiger partial charge in [-0.15, -0.1) is 0 Å². The fourth-order valence-corrected chi connectivity index (χ4v) is 3.10. The monoisotopic (exact) mass is 299 g/mol. The second-order valence-corrected chi connectivity index (χ2v) is 6.02. The van der Waals surface area contributed by atoms with Crippen LogP contribution in [0.3, 0.4) is 0 Å². The molecule has 0 unspecified atom stereocenters. The van der Waals surface area contributed by atoms with Crippen LogP contribution < -0.4 is 0 Å². The van der Waals surface area contributed by atoms with Crippen LogP contribution in [0.1, 0.15) is 25.5 Å². The number of aromatic amines is 1. The number of hydrogen-bond donors (Lipinski definition) is 2. The number of carboxylic acid groups (broad SMARTS) is 1. The smallest absolute Gasteiger partial charge is 0.306 e. The van der Waals surface area contributed by atoms with Crippen LogP contribution in [0.5, 0.6) is 0 Å². The highest BCUT2D eigenvalue weighted by atomic mass is 16.4. The molecule has 0 spiro atoms. The second kappa shape index (κ2) is 6.32. The third-order valence-electron chi connectivity index (χ3n) is 4.44. The highest BCUT2D eigenvalue weighted by Crippen LogP contribution is 2.25. The number of H-pyrrole nitrogens is 1. The van der Waals surface area contributed by atoms with Crippen molar-refractivity contribution in [2.24, 2.45) is 5.92 Å². The van der Waals surface area contributed by atoms with Gasteiger partial charge in [-0.2, -0.15) is 5.10 Å². The quantitative estimate of drug-likeness (QED) is 0.911. The lowest BCUT2D eigenvalue weighted by molar-refractivity contribution is -0.144. The Morgan fingerprint density at radius 3 is 2.86 bits per heavy atom. The van der Waals surface area contributed by atoms with E-state index in [4.69, 9.17) is 5.11 Å². The van der Waals surface area contributed by atoms with Crippen molar-refractivity contribution in [2.75, 3.05) is 6.54 Å². The SMILES string of the molecule is C[C@@H]1C[C@H](C(=O)O)CCN1Cc1cc(-c2ccccc2)n[nH]1. The molecule has 0 radical (unpaired) electrons. The molecule has 1 saturated heterocycles. The van der Waals surface area contributed by atoms with Crippen LogP contribution in [0.25, 0.3) is 11.3 Å². The molecule has 0 amide bonds. The maximum Gasteiger partial charge on any atom is 0.306 e. The lowest BCUT2D eigenvalue weighted by Gasteiger charge is -2.35. The number of aliphatic carboxylic acids is 1. The fraction of sp³-hybridized carbons (Fsp3) is 0.412. The molecule has 2 heterocycles. The Hall–Kier alpha value is -2.14. The number of nitrogens with zero attached hydrogens (tertiary/aromatic N) is 2. The van der Waals surface area contributed by atoms with Gasteiger partial charge in [-0.05, 0) is 32.4 Å². The van der Waals surface area contributed by atoms with Crippen molar-refractivity contribution in [1.82, 2.24) is 15.1 Å². The third-order valence-corrected chi connectivity index (χ3v) is 4.44. The molecule has 5 heteroatoms. The number of hydrogen-bond acceptors (Lipinski definition) is 3. The van der Waals surface area contributed by atoms with Crippen molar-refractivity contribution in [2.45, 2.75) is 32.4 Å². The average Bonchev–Trinajstić information content (AvgIpc) is 2.98. The Kier molecular flexibility index (Phi) is 4.24. The Labute approximate surface area is 130 Å². The van der Waals surface area contributed by atoms with Gasteiger partial charge in [0.1, 0.15) is 0 Å². The number of aromatic nitrogens is 2. The molecule has 0 saturated carbocycles. The van der Waals surface area contributed by atoms with Crippen LogP contribution in [0, 0.1) is 5.92 Å². The lowest BCUT2D eigenvalue weighted by Crippen LogP contribution is -2.42. The van der Waals surface area contributed by atoms with E-state index in [1.54, 1.807) is 0 Å². The van der Waals surface area contributed by atoms with Crippen molar-refractivity contribution in [1.29, 1.82) is 0 Å². The average molecular weight is 299 g/mol. The van der Waals surface area contributed by atoms with E-state index in [9.17, 15) is 4.79 Å². The van der Waals surface area contributed by atoms with E-state index in [1.165, 1.54) is 0 Å². The Morgan fingerprint density at radius 2 is 2.18 bits per heavy atom. The van der Waals surface area contributed by atoms with Crippen LogP contribution in [0.4, 0.5) is 0 Å². The summed E-state index contributed by atoms with van der Waals surface area (Å²) in [5, 5.41) is 16.6. The van der Waals surface area contributed by atoms with Crippen LogP contribution in [0.15, 0.2) is 36.4 Å². The van der Waals surface area contributed by atoms with Crippen molar-refractivity contribution in [3.05, 3.63) is 42.1 Å². The van der Waals surface area contributed by atoms with Crippen molar-refractivity contribution in [3.63, 3.8) is 0 Å². The summed E-state index contributed by atoms with van der Waals surface area (Å²) in [5.74, 6) is -0.868. The first-order valence-corrected chi connectivity index (χ1v) is 7.70. The second-order valence-electron chi connectivity index (χ2n) is 6.02. The zero-order chi connectivity index (χ0) is 15.5. The van der Waals surface area contributed by atoms with Gasteiger partial charge in [0, 0.05) is 23.8 Å². The van der Waals surface area contributed by atoms with Gasteiger partial charge in [0.15, 0.2) is 0 Å². The van der Waals surface area contributed by atoms with E-state index < -0.39 is 5.97 Å². The summed E-state index contributed by atoms with van der Waals surface area (Å²) in [6, 6.07) is 12.4. The zero-order valence-corrected chi connectivity index (χ0v) is 12.7. The van der Waals surface area contributed by atoms with Crippen LogP contribution in [0.2, 0.25) is 0 Å². The Morgan fingerprint density at radius 1 is 1.41 bits per heavy atom. The first-order valence-electron chi connectivity index (χ1n) is 7.70. The van der Waals surface area contributed by atoms with Gasteiger partial charge in [0.25, 0.3) is 0 Å². The molecule has 0 aliphatic carbocycles. The van der Waals surface area contributed by atoms with Gasteiger partial charge in [-0.25, -0.2) is 0 Å². The lowest BCUT2D eigenvalue weighted by atomic mass is 9.91. The highest BCUT2D eigenvalue weighted by Gasteiger charge is 2.29. The summed E-state index contributed by atoms with van der Waals surface area (Å²) in [7, 11) is 0. The molecule has 0 bridgehead atoms. The molecule has 1 aliphatic rings. The number of likely N-dealkylation sites (tertiary alicyclic amines) is 1. The molecule has 1 fully saturated rings. The molecular weight excluding hydrogens is 278 g/mol. The molecule has 1 aliphatic heterocycles. The summed E-state index contributed by atoms with van der Waals surface area (Å²) in [5.41, 5.74) is 3.12. The number of benzene rings is 1. The molecule has 2 N–H and O–H groups in total. The van der Waals surface area contributed by atoms with Crippen LogP contribution in [-0.2, 0) is 11.3 Å². The van der Waals surface area contributed by atoms with Gasteiger partial charge < -0.3 is 5.11 Å². The predicted octanol–water partition coefficient (Wildman–Crippen LogP) is 2.76. The number of carboxylic acids is 1. The number of nitrogens with one attached hydrogen (secondary N) is 1. The predicted molar refractivity (Wildman–Crippen MR) is 84.3 cm³/mol. The summed E-state index contributed by atoms with van der Waals surface area (Å²) in [6.45, 7) is 3.70. The molecule has 5 nitrogen and oxygen atoms in total. The Balaban J connectivity index is 1.65.